The van der Waals surface area contributed by atoms with Gasteiger partial charge in [0.25, 0.3) is 15.9 Å². The standard InChI is InChI=1S/C20H19N5O4S/c26-19(24-18-3-1-2-11-22-18)10-14-23-20(27)15-4-6-17(7-5-15)30(28,29)25-16-8-12-21-13-9-16/h1-9,11-13H,10,14H2,(H,21,25)(H,23,27)(H,22,24,26). The first-order chi connectivity index (χ1) is 14.4. The van der Waals surface area contributed by atoms with Crippen LogP contribution in [0.25, 0.3) is 0 Å². The average molecular weight is 425 g/mol. The van der Waals surface area contributed by atoms with Gasteiger partial charge in [-0.2, -0.15) is 0 Å². The zero-order valence-electron chi connectivity index (χ0n) is 15.8. The molecular weight excluding hydrogens is 406 g/mol. The van der Waals surface area contributed by atoms with Crippen LogP contribution in [0.4, 0.5) is 11.5 Å². The summed E-state index contributed by atoms with van der Waals surface area (Å²) in [4.78, 5) is 31.9. The Morgan fingerprint density at radius 1 is 0.900 bits per heavy atom. The highest BCUT2D eigenvalue weighted by Gasteiger charge is 2.15. The Hall–Kier alpha value is -3.79. The second-order valence-electron chi connectivity index (χ2n) is 6.13. The van der Waals surface area contributed by atoms with Crippen molar-refractivity contribution < 1.29 is 18.0 Å². The number of amides is 2. The van der Waals surface area contributed by atoms with Gasteiger partial charge in [0.2, 0.25) is 5.91 Å². The van der Waals surface area contributed by atoms with Crippen LogP contribution in [0.1, 0.15) is 16.8 Å². The van der Waals surface area contributed by atoms with E-state index in [0.717, 1.165) is 0 Å². The van der Waals surface area contributed by atoms with E-state index in [2.05, 4.69) is 25.3 Å². The summed E-state index contributed by atoms with van der Waals surface area (Å²) in [5, 5.41) is 5.24. The van der Waals surface area contributed by atoms with E-state index in [4.69, 9.17) is 0 Å². The van der Waals surface area contributed by atoms with Crippen LogP contribution < -0.4 is 15.4 Å². The van der Waals surface area contributed by atoms with Crippen LogP contribution in [0.5, 0.6) is 0 Å². The molecule has 2 aromatic heterocycles. The third kappa shape index (κ3) is 5.85. The maximum absolute atomic E-state index is 12.4. The van der Waals surface area contributed by atoms with E-state index in [0.29, 0.717) is 11.5 Å². The number of pyridine rings is 2. The molecule has 3 rings (SSSR count). The number of carbonyl (C=O) groups is 2. The van der Waals surface area contributed by atoms with Gasteiger partial charge in [0, 0.05) is 37.1 Å². The van der Waals surface area contributed by atoms with Gasteiger partial charge in [0.1, 0.15) is 5.82 Å². The van der Waals surface area contributed by atoms with Crippen LogP contribution in [-0.2, 0) is 14.8 Å². The maximum Gasteiger partial charge on any atom is 0.261 e. The Morgan fingerprint density at radius 3 is 2.30 bits per heavy atom. The summed E-state index contributed by atoms with van der Waals surface area (Å²) in [5.74, 6) is -0.254. The molecule has 0 saturated carbocycles. The number of sulfonamides is 1. The van der Waals surface area contributed by atoms with Crippen molar-refractivity contribution in [2.45, 2.75) is 11.3 Å². The number of hydrogen-bond acceptors (Lipinski definition) is 6. The highest BCUT2D eigenvalue weighted by Crippen LogP contribution is 2.16. The van der Waals surface area contributed by atoms with Gasteiger partial charge in [-0.1, -0.05) is 6.07 Å². The van der Waals surface area contributed by atoms with Gasteiger partial charge < -0.3 is 10.6 Å². The highest BCUT2D eigenvalue weighted by molar-refractivity contribution is 7.92. The zero-order chi connectivity index (χ0) is 21.4. The number of benzene rings is 1. The molecule has 0 aliphatic heterocycles. The lowest BCUT2D eigenvalue weighted by molar-refractivity contribution is -0.116. The van der Waals surface area contributed by atoms with E-state index in [-0.39, 0.29) is 29.3 Å². The molecule has 0 aliphatic carbocycles. The van der Waals surface area contributed by atoms with Gasteiger partial charge in [-0.05, 0) is 48.5 Å². The van der Waals surface area contributed by atoms with Gasteiger partial charge >= 0.3 is 0 Å². The Bertz CT molecular complexity index is 1100. The molecule has 1 aromatic carbocycles. The number of anilines is 2. The molecule has 154 valence electrons. The third-order valence-electron chi connectivity index (χ3n) is 3.93. The Morgan fingerprint density at radius 2 is 1.63 bits per heavy atom. The second-order valence-corrected chi connectivity index (χ2v) is 7.82. The van der Waals surface area contributed by atoms with Crippen LogP contribution in [0, 0.1) is 0 Å². The molecule has 0 aliphatic rings. The molecule has 2 amide bonds. The lowest BCUT2D eigenvalue weighted by Gasteiger charge is -2.09. The van der Waals surface area contributed by atoms with Gasteiger partial charge in [-0.15, -0.1) is 0 Å². The van der Waals surface area contributed by atoms with Crippen molar-refractivity contribution in [3.63, 3.8) is 0 Å². The summed E-state index contributed by atoms with van der Waals surface area (Å²) in [6.45, 7) is 0.126. The molecule has 3 aromatic rings. The summed E-state index contributed by atoms with van der Waals surface area (Å²) in [7, 11) is -3.78. The molecule has 30 heavy (non-hydrogen) atoms. The van der Waals surface area contributed by atoms with Crippen LogP contribution in [0.15, 0.2) is 78.1 Å². The second kappa shape index (κ2) is 9.61. The molecule has 3 N–H and O–H groups in total. The predicted octanol–water partition coefficient (Wildman–Crippen LogP) is 2.04. The van der Waals surface area contributed by atoms with E-state index in [1.165, 1.54) is 48.8 Å². The first-order valence-corrected chi connectivity index (χ1v) is 10.4. The molecule has 2 heterocycles. The third-order valence-corrected chi connectivity index (χ3v) is 5.33. The predicted molar refractivity (Wildman–Crippen MR) is 111 cm³/mol. The Kier molecular flexibility index (Phi) is 6.71. The summed E-state index contributed by atoms with van der Waals surface area (Å²) in [6.07, 6.45) is 4.59. The fraction of sp³-hybridized carbons (Fsp3) is 0.100. The lowest BCUT2D eigenvalue weighted by atomic mass is 10.2. The molecule has 0 bridgehead atoms. The average Bonchev–Trinajstić information content (AvgIpc) is 2.75. The van der Waals surface area contributed by atoms with E-state index in [1.807, 2.05) is 0 Å². The minimum absolute atomic E-state index is 0.0191. The van der Waals surface area contributed by atoms with E-state index in [1.54, 1.807) is 24.4 Å². The molecule has 10 heteroatoms. The van der Waals surface area contributed by atoms with Crippen LogP contribution >= 0.6 is 0 Å². The summed E-state index contributed by atoms with van der Waals surface area (Å²) in [6, 6.07) is 13.7. The van der Waals surface area contributed by atoms with Crippen molar-refractivity contribution in [3.8, 4) is 0 Å². The quantitative estimate of drug-likeness (QED) is 0.506. The molecular formula is C20H19N5O4S. The molecule has 0 saturated heterocycles. The molecule has 0 spiro atoms. The minimum atomic E-state index is -3.78. The number of nitrogens with one attached hydrogen (secondary N) is 3. The summed E-state index contributed by atoms with van der Waals surface area (Å²) in [5.41, 5.74) is 0.666. The number of nitrogens with zero attached hydrogens (tertiary/aromatic N) is 2. The molecule has 9 nitrogen and oxygen atoms in total. The van der Waals surface area contributed by atoms with Crippen LogP contribution in [0.2, 0.25) is 0 Å². The fourth-order valence-electron chi connectivity index (χ4n) is 2.45. The SMILES string of the molecule is O=C(CCNC(=O)c1ccc(S(=O)(=O)Nc2ccncc2)cc1)Nc1ccccn1. The van der Waals surface area contributed by atoms with Crippen molar-refractivity contribution in [2.75, 3.05) is 16.6 Å². The van der Waals surface area contributed by atoms with E-state index >= 15 is 0 Å². The number of rotatable bonds is 8. The molecule has 0 fully saturated rings. The molecule has 0 unspecified atom stereocenters. The summed E-state index contributed by atoms with van der Waals surface area (Å²) >= 11 is 0. The highest BCUT2D eigenvalue weighted by atomic mass is 32.2. The molecule has 0 radical (unpaired) electrons. The number of hydrogen-bond donors (Lipinski definition) is 3. The van der Waals surface area contributed by atoms with Crippen molar-refractivity contribution >= 4 is 33.3 Å². The summed E-state index contributed by atoms with van der Waals surface area (Å²) < 4.78 is 27.2. The topological polar surface area (TPSA) is 130 Å². The molecule has 0 atom stereocenters. The smallest absolute Gasteiger partial charge is 0.261 e. The van der Waals surface area contributed by atoms with Crippen molar-refractivity contribution in [1.82, 2.24) is 15.3 Å². The number of aromatic nitrogens is 2. The first kappa shape index (κ1) is 20.9. The maximum atomic E-state index is 12.4. The van der Waals surface area contributed by atoms with Crippen molar-refractivity contribution in [2.24, 2.45) is 0 Å². The van der Waals surface area contributed by atoms with Crippen molar-refractivity contribution in [3.05, 3.63) is 78.8 Å². The lowest BCUT2D eigenvalue weighted by Crippen LogP contribution is -2.27. The van der Waals surface area contributed by atoms with E-state index in [9.17, 15) is 18.0 Å². The van der Waals surface area contributed by atoms with Gasteiger partial charge in [-0.25, -0.2) is 13.4 Å². The monoisotopic (exact) mass is 425 g/mol. The van der Waals surface area contributed by atoms with Gasteiger partial charge in [0.15, 0.2) is 0 Å². The minimum Gasteiger partial charge on any atom is -0.352 e. The normalized spacial score (nSPS) is 10.8. The number of carbonyl (C=O) groups excluding carboxylic acids is 2. The fourth-order valence-corrected chi connectivity index (χ4v) is 3.51. The van der Waals surface area contributed by atoms with Crippen LogP contribution in [0.3, 0.4) is 0 Å². The first-order valence-electron chi connectivity index (χ1n) is 8.96. The Labute approximate surface area is 173 Å². The van der Waals surface area contributed by atoms with Crippen molar-refractivity contribution in [1.29, 1.82) is 0 Å². The zero-order valence-corrected chi connectivity index (χ0v) is 16.6. The van der Waals surface area contributed by atoms with Gasteiger partial charge in [-0.3, -0.25) is 19.3 Å². The van der Waals surface area contributed by atoms with E-state index < -0.39 is 15.9 Å². The Balaban J connectivity index is 1.51. The largest absolute Gasteiger partial charge is 0.352 e. The van der Waals surface area contributed by atoms with Crippen LogP contribution in [-0.4, -0.2) is 36.7 Å². The van der Waals surface area contributed by atoms with Gasteiger partial charge in [0.05, 0.1) is 10.6 Å².